The van der Waals surface area contributed by atoms with Crippen LogP contribution in [0.5, 0.6) is 0 Å². The van der Waals surface area contributed by atoms with E-state index in [4.69, 9.17) is 4.84 Å². The van der Waals surface area contributed by atoms with Crippen molar-refractivity contribution in [3.8, 4) is 0 Å². The van der Waals surface area contributed by atoms with E-state index in [0.29, 0.717) is 13.1 Å². The molecule has 6 heteroatoms. The number of nitrogens with zero attached hydrogens (tertiary/aromatic N) is 2. The topological polar surface area (TPSA) is 61.9 Å². The van der Waals surface area contributed by atoms with Gasteiger partial charge in [-0.15, -0.1) is 0 Å². The molecule has 1 saturated heterocycles. The van der Waals surface area contributed by atoms with Gasteiger partial charge in [0.25, 0.3) is 5.91 Å². The van der Waals surface area contributed by atoms with Gasteiger partial charge in [0.15, 0.2) is 0 Å². The number of amides is 2. The van der Waals surface area contributed by atoms with Gasteiger partial charge in [-0.2, -0.15) is 5.48 Å². The molecule has 0 saturated carbocycles. The van der Waals surface area contributed by atoms with Crippen LogP contribution < -0.4 is 5.48 Å². The maximum absolute atomic E-state index is 12.1. The van der Waals surface area contributed by atoms with Crippen molar-refractivity contribution < 1.29 is 14.4 Å². The highest BCUT2D eigenvalue weighted by Crippen LogP contribution is 2.11. The molecule has 2 aromatic carbocycles. The standard InChI is InChI=1S/C24H31N3O3/c1-26-15-17-27(18-16-26)24(29)30-25-23(28)19-22-13-11-21(12-14-22)10-6-5-9-20-7-3-2-4-8-20/h2-4,7-8,11-14H,5-6,9-10,15-19H2,1H3,(H,25,28). The third-order valence-corrected chi connectivity index (χ3v) is 5.43. The van der Waals surface area contributed by atoms with Crippen LogP contribution in [-0.2, 0) is 28.9 Å². The Bertz CT molecular complexity index is 800. The van der Waals surface area contributed by atoms with Crippen LogP contribution in [0.4, 0.5) is 4.79 Å². The number of nitrogens with one attached hydrogen (secondary N) is 1. The maximum Gasteiger partial charge on any atom is 0.434 e. The van der Waals surface area contributed by atoms with Gasteiger partial charge in [-0.1, -0.05) is 54.6 Å². The summed E-state index contributed by atoms with van der Waals surface area (Å²) in [4.78, 5) is 32.8. The molecule has 30 heavy (non-hydrogen) atoms. The Kier molecular flexibility index (Phi) is 8.27. The predicted octanol–water partition coefficient (Wildman–Crippen LogP) is 3.21. The normalized spacial score (nSPS) is 14.4. The first kappa shape index (κ1) is 21.8. The number of likely N-dealkylation sites (N-methyl/N-ethyl adjacent to an activating group) is 1. The van der Waals surface area contributed by atoms with Gasteiger partial charge in [0.2, 0.25) is 0 Å². The van der Waals surface area contributed by atoms with Gasteiger partial charge < -0.3 is 14.6 Å². The summed E-state index contributed by atoms with van der Waals surface area (Å²) in [6, 6.07) is 18.6. The van der Waals surface area contributed by atoms with Crippen molar-refractivity contribution in [2.45, 2.75) is 32.1 Å². The lowest BCUT2D eigenvalue weighted by Crippen LogP contribution is -2.48. The Balaban J connectivity index is 1.33. The fourth-order valence-corrected chi connectivity index (χ4v) is 3.50. The number of hydroxylamine groups is 1. The molecule has 0 bridgehead atoms. The van der Waals surface area contributed by atoms with Crippen molar-refractivity contribution in [1.29, 1.82) is 0 Å². The van der Waals surface area contributed by atoms with Gasteiger partial charge in [0.05, 0.1) is 6.42 Å². The van der Waals surface area contributed by atoms with E-state index in [2.05, 4.69) is 46.8 Å². The van der Waals surface area contributed by atoms with Crippen LogP contribution >= 0.6 is 0 Å². The predicted molar refractivity (Wildman–Crippen MR) is 117 cm³/mol. The largest absolute Gasteiger partial charge is 0.434 e. The highest BCUT2D eigenvalue weighted by Gasteiger charge is 2.21. The first-order valence-corrected chi connectivity index (χ1v) is 10.6. The minimum absolute atomic E-state index is 0.185. The molecule has 0 spiro atoms. The Labute approximate surface area is 178 Å². The molecule has 2 aromatic rings. The molecule has 6 nitrogen and oxygen atoms in total. The van der Waals surface area contributed by atoms with Crippen LogP contribution in [0, 0.1) is 0 Å². The number of aryl methyl sites for hydroxylation is 2. The van der Waals surface area contributed by atoms with E-state index in [1.807, 2.05) is 25.2 Å². The average Bonchev–Trinajstić information content (AvgIpc) is 2.77. The Hall–Kier alpha value is -2.86. The molecule has 0 atom stereocenters. The van der Waals surface area contributed by atoms with E-state index >= 15 is 0 Å². The fourth-order valence-electron chi connectivity index (χ4n) is 3.50. The summed E-state index contributed by atoms with van der Waals surface area (Å²) in [6.07, 6.45) is 4.12. The number of benzene rings is 2. The van der Waals surface area contributed by atoms with E-state index in [9.17, 15) is 9.59 Å². The minimum Gasteiger partial charge on any atom is -0.321 e. The molecule has 0 aromatic heterocycles. The molecule has 1 heterocycles. The van der Waals surface area contributed by atoms with Crippen molar-refractivity contribution in [3.63, 3.8) is 0 Å². The number of carbonyl (C=O) groups is 2. The van der Waals surface area contributed by atoms with E-state index in [1.54, 1.807) is 4.90 Å². The molecular weight excluding hydrogens is 378 g/mol. The van der Waals surface area contributed by atoms with Gasteiger partial charge in [-0.3, -0.25) is 4.79 Å². The first-order chi connectivity index (χ1) is 14.6. The SMILES string of the molecule is CN1CCN(C(=O)ONC(=O)Cc2ccc(CCCCc3ccccc3)cc2)CC1. The van der Waals surface area contributed by atoms with Crippen molar-refractivity contribution in [2.75, 3.05) is 33.2 Å². The van der Waals surface area contributed by atoms with Crippen LogP contribution in [0.2, 0.25) is 0 Å². The van der Waals surface area contributed by atoms with Gasteiger partial charge in [0.1, 0.15) is 0 Å². The maximum atomic E-state index is 12.1. The molecule has 3 rings (SSSR count). The molecule has 160 valence electrons. The number of piperazine rings is 1. The molecule has 2 amide bonds. The lowest BCUT2D eigenvalue weighted by Gasteiger charge is -2.31. The molecule has 1 fully saturated rings. The molecule has 0 radical (unpaired) electrons. The fraction of sp³-hybridized carbons (Fsp3) is 0.417. The summed E-state index contributed by atoms with van der Waals surface area (Å²) in [5, 5.41) is 0. The van der Waals surface area contributed by atoms with E-state index in [-0.39, 0.29) is 12.3 Å². The number of unbranched alkanes of at least 4 members (excludes halogenated alkanes) is 1. The number of hydrogen-bond donors (Lipinski definition) is 1. The monoisotopic (exact) mass is 409 g/mol. The Morgan fingerprint density at radius 3 is 2.03 bits per heavy atom. The van der Waals surface area contributed by atoms with Crippen LogP contribution in [0.1, 0.15) is 29.5 Å². The zero-order valence-electron chi connectivity index (χ0n) is 17.7. The van der Waals surface area contributed by atoms with Crippen molar-refractivity contribution in [3.05, 3.63) is 71.3 Å². The molecule has 1 aliphatic heterocycles. The van der Waals surface area contributed by atoms with Crippen molar-refractivity contribution in [1.82, 2.24) is 15.3 Å². The second-order valence-corrected chi connectivity index (χ2v) is 7.87. The Morgan fingerprint density at radius 1 is 0.833 bits per heavy atom. The molecular formula is C24H31N3O3. The summed E-state index contributed by atoms with van der Waals surface area (Å²) >= 11 is 0. The van der Waals surface area contributed by atoms with Gasteiger partial charge in [-0.05, 0) is 49.4 Å². The van der Waals surface area contributed by atoms with Crippen LogP contribution in [0.3, 0.4) is 0 Å². The second kappa shape index (κ2) is 11.4. The third-order valence-electron chi connectivity index (χ3n) is 5.43. The number of hydrogen-bond acceptors (Lipinski definition) is 4. The second-order valence-electron chi connectivity index (χ2n) is 7.87. The van der Waals surface area contributed by atoms with E-state index < -0.39 is 6.09 Å². The van der Waals surface area contributed by atoms with Gasteiger partial charge >= 0.3 is 6.09 Å². The molecule has 1 N–H and O–H groups in total. The summed E-state index contributed by atoms with van der Waals surface area (Å²) in [7, 11) is 2.01. The zero-order chi connectivity index (χ0) is 21.2. The number of rotatable bonds is 7. The molecule has 0 unspecified atom stereocenters. The summed E-state index contributed by atoms with van der Waals surface area (Å²) in [5.74, 6) is -0.326. The first-order valence-electron chi connectivity index (χ1n) is 10.6. The Morgan fingerprint density at radius 2 is 1.40 bits per heavy atom. The van der Waals surface area contributed by atoms with Crippen molar-refractivity contribution >= 4 is 12.0 Å². The molecule has 0 aliphatic carbocycles. The summed E-state index contributed by atoms with van der Waals surface area (Å²) in [5.41, 5.74) is 5.82. The lowest BCUT2D eigenvalue weighted by molar-refractivity contribution is -0.129. The average molecular weight is 410 g/mol. The quantitative estimate of drug-likeness (QED) is 0.564. The highest BCUT2D eigenvalue weighted by molar-refractivity contribution is 5.79. The highest BCUT2D eigenvalue weighted by atomic mass is 16.7. The third kappa shape index (κ3) is 7.19. The molecule has 1 aliphatic rings. The van der Waals surface area contributed by atoms with Gasteiger partial charge in [0, 0.05) is 26.2 Å². The van der Waals surface area contributed by atoms with Crippen LogP contribution in [-0.4, -0.2) is 55.0 Å². The number of carbonyl (C=O) groups excluding carboxylic acids is 2. The summed E-state index contributed by atoms with van der Waals surface area (Å²) in [6.45, 7) is 2.83. The van der Waals surface area contributed by atoms with Crippen LogP contribution in [0.15, 0.2) is 54.6 Å². The minimum atomic E-state index is -0.498. The smallest absolute Gasteiger partial charge is 0.321 e. The van der Waals surface area contributed by atoms with Gasteiger partial charge in [-0.25, -0.2) is 4.79 Å². The van der Waals surface area contributed by atoms with Crippen LogP contribution in [0.25, 0.3) is 0 Å². The van der Waals surface area contributed by atoms with E-state index in [0.717, 1.165) is 44.3 Å². The summed E-state index contributed by atoms with van der Waals surface area (Å²) < 4.78 is 0. The van der Waals surface area contributed by atoms with Crippen molar-refractivity contribution in [2.24, 2.45) is 0 Å². The lowest BCUT2D eigenvalue weighted by atomic mass is 10.0. The zero-order valence-corrected chi connectivity index (χ0v) is 17.7. The van der Waals surface area contributed by atoms with E-state index in [1.165, 1.54) is 11.1 Å².